The molecule has 1 unspecified atom stereocenters. The molecule has 0 aromatic heterocycles. The van der Waals surface area contributed by atoms with Gasteiger partial charge >= 0.3 is 0 Å². The van der Waals surface area contributed by atoms with E-state index in [1.165, 1.54) is 17.2 Å². The molecule has 7 nitrogen and oxygen atoms in total. The lowest BCUT2D eigenvalue weighted by atomic mass is 10.00. The van der Waals surface area contributed by atoms with Crippen LogP contribution in [0.15, 0.2) is 59.7 Å². The molecule has 1 aromatic rings. The van der Waals surface area contributed by atoms with Gasteiger partial charge in [0.15, 0.2) is 16.4 Å². The van der Waals surface area contributed by atoms with Gasteiger partial charge in [0.25, 0.3) is 5.91 Å². The van der Waals surface area contributed by atoms with Crippen LogP contribution in [0.25, 0.3) is 0 Å². The number of ether oxygens (including phenoxy) is 1. The largest absolute Gasteiger partial charge is 0.483 e. The quantitative estimate of drug-likeness (QED) is 0.429. The van der Waals surface area contributed by atoms with E-state index in [1.807, 2.05) is 12.1 Å². The SMILES string of the molecule is C=C(OCC(=O)NCC(O)CN1CCc2ccccc2C1)/C(=C\C=C/C)S(C)(=O)=O. The Labute approximate surface area is 178 Å². The summed E-state index contributed by atoms with van der Waals surface area (Å²) in [6, 6.07) is 8.26. The predicted octanol–water partition coefficient (Wildman–Crippen LogP) is 1.56. The number of sulfone groups is 1. The number of allylic oxidation sites excluding steroid dienone is 3. The third-order valence-electron chi connectivity index (χ3n) is 4.71. The van der Waals surface area contributed by atoms with Gasteiger partial charge in [-0.1, -0.05) is 43.0 Å². The minimum Gasteiger partial charge on any atom is -0.483 e. The molecular formula is C22H30N2O5S. The summed E-state index contributed by atoms with van der Waals surface area (Å²) in [5.74, 6) is -0.559. The second kappa shape index (κ2) is 11.1. The van der Waals surface area contributed by atoms with Gasteiger partial charge in [-0.25, -0.2) is 8.42 Å². The van der Waals surface area contributed by atoms with Crippen molar-refractivity contribution < 1.29 is 23.1 Å². The maximum absolute atomic E-state index is 12.0. The van der Waals surface area contributed by atoms with Crippen molar-refractivity contribution in [2.24, 2.45) is 0 Å². The lowest BCUT2D eigenvalue weighted by Gasteiger charge is -2.30. The van der Waals surface area contributed by atoms with Crippen LogP contribution in [0.3, 0.4) is 0 Å². The Balaban J connectivity index is 1.76. The minimum absolute atomic E-state index is 0.0835. The second-order valence-electron chi connectivity index (χ2n) is 7.25. The minimum atomic E-state index is -3.54. The van der Waals surface area contributed by atoms with Crippen molar-refractivity contribution >= 4 is 15.7 Å². The maximum atomic E-state index is 12.0. The van der Waals surface area contributed by atoms with E-state index in [4.69, 9.17) is 4.74 Å². The Kier molecular flexibility index (Phi) is 8.83. The van der Waals surface area contributed by atoms with E-state index in [0.29, 0.717) is 6.54 Å². The number of aliphatic hydroxyl groups is 1. The van der Waals surface area contributed by atoms with Gasteiger partial charge in [-0.15, -0.1) is 0 Å². The summed E-state index contributed by atoms with van der Waals surface area (Å²) in [7, 11) is -3.54. The van der Waals surface area contributed by atoms with E-state index >= 15 is 0 Å². The molecule has 0 fully saturated rings. The number of fused-ring (bicyclic) bond motifs is 1. The van der Waals surface area contributed by atoms with Crippen LogP contribution in [-0.4, -0.2) is 62.9 Å². The van der Waals surface area contributed by atoms with Gasteiger partial charge in [0, 0.05) is 32.4 Å². The third kappa shape index (κ3) is 7.44. The Morgan fingerprint density at radius 1 is 1.37 bits per heavy atom. The Morgan fingerprint density at radius 2 is 2.07 bits per heavy atom. The number of amides is 1. The van der Waals surface area contributed by atoms with Crippen LogP contribution in [0.4, 0.5) is 0 Å². The molecule has 2 rings (SSSR count). The molecule has 1 aliphatic heterocycles. The number of nitrogens with zero attached hydrogens (tertiary/aromatic N) is 1. The molecule has 1 amide bonds. The van der Waals surface area contributed by atoms with Crippen LogP contribution in [-0.2, 0) is 32.3 Å². The van der Waals surface area contributed by atoms with Crippen LogP contribution < -0.4 is 5.32 Å². The van der Waals surface area contributed by atoms with Gasteiger partial charge in [0.1, 0.15) is 10.7 Å². The molecular weight excluding hydrogens is 404 g/mol. The summed E-state index contributed by atoms with van der Waals surface area (Å²) in [6.45, 7) is 7.13. The molecule has 0 spiro atoms. The fourth-order valence-electron chi connectivity index (χ4n) is 3.19. The number of carbonyl (C=O) groups excluding carboxylic acids is 1. The monoisotopic (exact) mass is 434 g/mol. The van der Waals surface area contributed by atoms with Crippen LogP contribution in [0.2, 0.25) is 0 Å². The van der Waals surface area contributed by atoms with E-state index in [1.54, 1.807) is 19.1 Å². The van der Waals surface area contributed by atoms with Crippen LogP contribution >= 0.6 is 0 Å². The van der Waals surface area contributed by atoms with Crippen molar-refractivity contribution in [3.8, 4) is 0 Å². The van der Waals surface area contributed by atoms with Gasteiger partial charge in [-0.3, -0.25) is 9.69 Å². The Hall–Kier alpha value is -2.42. The topological polar surface area (TPSA) is 95.9 Å². The van der Waals surface area contributed by atoms with Crippen LogP contribution in [0.5, 0.6) is 0 Å². The van der Waals surface area contributed by atoms with Crippen molar-refractivity contribution in [1.29, 1.82) is 0 Å². The summed E-state index contributed by atoms with van der Waals surface area (Å²) in [4.78, 5) is 14.1. The average Bonchev–Trinajstić information content (AvgIpc) is 2.70. The molecule has 1 atom stereocenters. The lowest BCUT2D eigenvalue weighted by molar-refractivity contribution is -0.124. The van der Waals surface area contributed by atoms with E-state index in [9.17, 15) is 18.3 Å². The first kappa shape index (κ1) is 23.9. The molecule has 0 aliphatic carbocycles. The number of β-amino-alcohol motifs (C(OH)–C–C–N with tert-alkyl or cyclic N) is 1. The molecule has 164 valence electrons. The highest BCUT2D eigenvalue weighted by Crippen LogP contribution is 2.18. The van der Waals surface area contributed by atoms with Crippen molar-refractivity contribution in [2.75, 3.05) is 32.5 Å². The number of hydrogen-bond acceptors (Lipinski definition) is 6. The zero-order chi connectivity index (χ0) is 22.1. The number of nitrogens with one attached hydrogen (secondary N) is 1. The highest BCUT2D eigenvalue weighted by molar-refractivity contribution is 7.94. The van der Waals surface area contributed by atoms with E-state index < -0.39 is 21.8 Å². The molecule has 0 bridgehead atoms. The molecule has 1 aromatic carbocycles. The third-order valence-corrected chi connectivity index (χ3v) is 5.87. The van der Waals surface area contributed by atoms with Gasteiger partial charge in [0.2, 0.25) is 0 Å². The van der Waals surface area contributed by atoms with Crippen LogP contribution in [0.1, 0.15) is 18.1 Å². The Morgan fingerprint density at radius 3 is 2.73 bits per heavy atom. The molecule has 1 aliphatic rings. The number of carbonyl (C=O) groups is 1. The summed E-state index contributed by atoms with van der Waals surface area (Å²) >= 11 is 0. The van der Waals surface area contributed by atoms with E-state index in [2.05, 4.69) is 28.9 Å². The smallest absolute Gasteiger partial charge is 0.258 e. The van der Waals surface area contributed by atoms with Gasteiger partial charge in [-0.2, -0.15) is 0 Å². The number of hydrogen-bond donors (Lipinski definition) is 2. The van der Waals surface area contributed by atoms with Crippen molar-refractivity contribution in [3.05, 3.63) is 70.9 Å². The standard InChI is InChI=1S/C22H30N2O5S/c1-4-5-10-21(30(3,27)28)17(2)29-16-22(26)23-13-20(25)15-24-12-11-18-8-6-7-9-19(18)14-24/h4-10,20,25H,2,11-16H2,1,3H3,(H,23,26)/b5-4-,21-10+. The summed E-state index contributed by atoms with van der Waals surface area (Å²) < 4.78 is 28.9. The number of benzene rings is 1. The molecule has 0 saturated carbocycles. The molecule has 0 saturated heterocycles. The first-order valence-electron chi connectivity index (χ1n) is 9.79. The summed E-state index contributed by atoms with van der Waals surface area (Å²) in [5, 5.41) is 12.9. The fraction of sp³-hybridized carbons (Fsp3) is 0.409. The van der Waals surface area contributed by atoms with Crippen molar-refractivity contribution in [1.82, 2.24) is 10.2 Å². The predicted molar refractivity (Wildman–Crippen MR) is 117 cm³/mol. The van der Waals surface area contributed by atoms with Gasteiger partial charge in [0.05, 0.1) is 6.10 Å². The number of rotatable bonds is 10. The maximum Gasteiger partial charge on any atom is 0.258 e. The normalized spacial score (nSPS) is 16.2. The molecule has 30 heavy (non-hydrogen) atoms. The van der Waals surface area contributed by atoms with E-state index in [-0.39, 0.29) is 23.8 Å². The number of aliphatic hydroxyl groups excluding tert-OH is 1. The fourth-order valence-corrected chi connectivity index (χ4v) is 3.98. The summed E-state index contributed by atoms with van der Waals surface area (Å²) in [5.41, 5.74) is 2.60. The zero-order valence-electron chi connectivity index (χ0n) is 17.5. The second-order valence-corrected chi connectivity index (χ2v) is 9.24. The molecule has 1 heterocycles. The van der Waals surface area contributed by atoms with Crippen LogP contribution in [0, 0.1) is 0 Å². The zero-order valence-corrected chi connectivity index (χ0v) is 18.3. The highest BCUT2D eigenvalue weighted by Gasteiger charge is 2.20. The van der Waals surface area contributed by atoms with E-state index in [0.717, 1.165) is 25.8 Å². The summed E-state index contributed by atoms with van der Waals surface area (Å²) in [6.07, 6.45) is 5.87. The highest BCUT2D eigenvalue weighted by atomic mass is 32.2. The first-order chi connectivity index (χ1) is 14.2. The molecule has 2 N–H and O–H groups in total. The lowest BCUT2D eigenvalue weighted by Crippen LogP contribution is -2.42. The molecule has 0 radical (unpaired) electrons. The van der Waals surface area contributed by atoms with Crippen molar-refractivity contribution in [3.63, 3.8) is 0 Å². The first-order valence-corrected chi connectivity index (χ1v) is 11.7. The van der Waals surface area contributed by atoms with Crippen molar-refractivity contribution in [2.45, 2.75) is 26.0 Å². The molecule has 8 heteroatoms. The average molecular weight is 435 g/mol. The Bertz CT molecular complexity index is 921. The van der Waals surface area contributed by atoms with Gasteiger partial charge in [-0.05, 0) is 30.5 Å². The van der Waals surface area contributed by atoms with Gasteiger partial charge < -0.3 is 15.2 Å².